The van der Waals surface area contributed by atoms with Gasteiger partial charge in [0, 0.05) is 17.0 Å². The lowest BCUT2D eigenvalue weighted by Gasteiger charge is -2.13. The molecular formula is C23H23BrClN5O3S. The number of guanidine groups is 1. The maximum Gasteiger partial charge on any atom is 0.283 e. The number of hydrogen-bond acceptors (Lipinski definition) is 5. The number of methoxy groups -OCH3 is 1. The van der Waals surface area contributed by atoms with E-state index in [1.54, 1.807) is 25.3 Å². The van der Waals surface area contributed by atoms with E-state index in [0.717, 1.165) is 21.6 Å². The number of carbonyl (C=O) groups excluding carboxylic acids is 2. The Bertz CT molecular complexity index is 1220. The van der Waals surface area contributed by atoms with E-state index in [-0.39, 0.29) is 17.2 Å². The molecule has 0 unspecified atom stereocenters. The lowest BCUT2D eigenvalue weighted by Crippen LogP contribution is -2.32. The van der Waals surface area contributed by atoms with Gasteiger partial charge in [0.1, 0.15) is 5.75 Å². The molecule has 0 atom stereocenters. The molecule has 34 heavy (non-hydrogen) atoms. The average molecular weight is 565 g/mol. The molecule has 2 aromatic carbocycles. The van der Waals surface area contributed by atoms with Gasteiger partial charge < -0.3 is 21.1 Å². The van der Waals surface area contributed by atoms with Crippen LogP contribution >= 0.6 is 39.1 Å². The lowest BCUT2D eigenvalue weighted by atomic mass is 10.1. The summed E-state index contributed by atoms with van der Waals surface area (Å²) in [6, 6.07) is 10.9. The van der Waals surface area contributed by atoms with Crippen LogP contribution in [0.15, 0.2) is 41.4 Å². The van der Waals surface area contributed by atoms with Gasteiger partial charge in [-0.2, -0.15) is 9.37 Å². The molecule has 0 aliphatic carbocycles. The second kappa shape index (κ2) is 11.5. The number of halogens is 2. The number of nitrogens with one attached hydrogen (secondary N) is 2. The number of amides is 2. The minimum atomic E-state index is -0.482. The van der Waals surface area contributed by atoms with Gasteiger partial charge >= 0.3 is 0 Å². The van der Waals surface area contributed by atoms with Crippen LogP contribution in [0, 0.1) is 13.8 Å². The fraction of sp³-hybridized carbons (Fsp3) is 0.217. The van der Waals surface area contributed by atoms with Gasteiger partial charge in [0.05, 0.1) is 34.4 Å². The summed E-state index contributed by atoms with van der Waals surface area (Å²) in [5.74, 6) is 0.00717. The molecule has 2 amide bonds. The number of carbonyl (C=O) groups is 2. The van der Waals surface area contributed by atoms with Crippen LogP contribution in [-0.4, -0.2) is 34.6 Å². The van der Waals surface area contributed by atoms with Gasteiger partial charge in [0.2, 0.25) is 5.91 Å². The molecule has 1 aromatic heterocycles. The Morgan fingerprint density at radius 2 is 1.94 bits per heavy atom. The summed E-state index contributed by atoms with van der Waals surface area (Å²) in [4.78, 5) is 29.3. The van der Waals surface area contributed by atoms with Crippen LogP contribution in [0.3, 0.4) is 0 Å². The minimum Gasteiger partial charge on any atom is -0.497 e. The molecule has 0 aliphatic rings. The molecule has 4 N–H and O–H groups in total. The van der Waals surface area contributed by atoms with E-state index in [1.807, 2.05) is 32.0 Å². The van der Waals surface area contributed by atoms with E-state index >= 15 is 0 Å². The third kappa shape index (κ3) is 6.13. The Balaban J connectivity index is 1.74. The molecule has 3 rings (SSSR count). The second-order valence-electron chi connectivity index (χ2n) is 7.30. The molecule has 3 aromatic rings. The van der Waals surface area contributed by atoms with E-state index in [9.17, 15) is 9.59 Å². The molecule has 0 saturated heterocycles. The molecule has 0 saturated carbocycles. The minimum absolute atomic E-state index is 0.0262. The number of nitrogens with two attached hydrogens (primary N) is 1. The summed E-state index contributed by atoms with van der Waals surface area (Å²) in [5, 5.41) is 6.26. The zero-order valence-electron chi connectivity index (χ0n) is 18.7. The van der Waals surface area contributed by atoms with Gasteiger partial charge in [-0.05, 0) is 66.8 Å². The van der Waals surface area contributed by atoms with E-state index in [1.165, 1.54) is 11.5 Å². The molecule has 1 heterocycles. The van der Waals surface area contributed by atoms with Gasteiger partial charge in [-0.1, -0.05) is 33.6 Å². The summed E-state index contributed by atoms with van der Waals surface area (Å²) in [6.07, 6.45) is 0. The summed E-state index contributed by atoms with van der Waals surface area (Å²) in [5.41, 5.74) is 9.90. The summed E-state index contributed by atoms with van der Waals surface area (Å²) >= 11 is 10.7. The molecule has 11 heteroatoms. The highest BCUT2D eigenvalue weighted by Crippen LogP contribution is 2.30. The number of ether oxygens (including phenoxy) is 1. The van der Waals surface area contributed by atoms with E-state index in [4.69, 9.17) is 22.1 Å². The SMILES string of the molecule is COc1ccc(-c2nsc(C)c2C(=O)/N=C(\N)NCc2cc(C)c(NC(=O)CBr)c(Cl)c2)cc1. The highest BCUT2D eigenvalue weighted by molar-refractivity contribution is 9.09. The molecular weight excluding hydrogens is 542 g/mol. The van der Waals surface area contributed by atoms with Gasteiger partial charge in [0.15, 0.2) is 5.96 Å². The first-order chi connectivity index (χ1) is 16.2. The summed E-state index contributed by atoms with van der Waals surface area (Å²) in [7, 11) is 1.59. The fourth-order valence-corrected chi connectivity index (χ4v) is 4.39. The maximum absolute atomic E-state index is 12.9. The Kier molecular flexibility index (Phi) is 8.65. The first kappa shape index (κ1) is 25.7. The molecule has 8 nitrogen and oxygen atoms in total. The van der Waals surface area contributed by atoms with Crippen LogP contribution < -0.4 is 21.1 Å². The Morgan fingerprint density at radius 1 is 1.24 bits per heavy atom. The van der Waals surface area contributed by atoms with Crippen molar-refractivity contribution in [2.24, 2.45) is 10.7 Å². The van der Waals surface area contributed by atoms with Crippen molar-refractivity contribution in [1.29, 1.82) is 0 Å². The van der Waals surface area contributed by atoms with Crippen molar-refractivity contribution < 1.29 is 14.3 Å². The quantitative estimate of drug-likeness (QED) is 0.218. The molecule has 0 aliphatic heterocycles. The molecule has 0 radical (unpaired) electrons. The number of benzene rings is 2. The number of aromatic nitrogens is 1. The lowest BCUT2D eigenvalue weighted by molar-refractivity contribution is -0.113. The number of anilines is 1. The smallest absolute Gasteiger partial charge is 0.283 e. The van der Waals surface area contributed by atoms with Gasteiger partial charge in [-0.15, -0.1) is 0 Å². The molecule has 0 bridgehead atoms. The normalized spacial score (nSPS) is 11.3. The highest BCUT2D eigenvalue weighted by Gasteiger charge is 2.20. The predicted octanol–water partition coefficient (Wildman–Crippen LogP) is 4.67. The number of aliphatic imine (C=N–C) groups is 1. The molecule has 178 valence electrons. The monoisotopic (exact) mass is 563 g/mol. The topological polar surface area (TPSA) is 119 Å². The first-order valence-electron chi connectivity index (χ1n) is 10.1. The summed E-state index contributed by atoms with van der Waals surface area (Å²) < 4.78 is 9.61. The third-order valence-corrected chi connectivity index (χ3v) is 6.43. The zero-order chi connectivity index (χ0) is 24.8. The van der Waals surface area contributed by atoms with Gasteiger partial charge in [-0.3, -0.25) is 9.59 Å². The van der Waals surface area contributed by atoms with Crippen molar-refractivity contribution in [2.45, 2.75) is 20.4 Å². The van der Waals surface area contributed by atoms with Crippen LogP contribution in [0.4, 0.5) is 5.69 Å². The van der Waals surface area contributed by atoms with Crippen molar-refractivity contribution in [1.82, 2.24) is 9.69 Å². The third-order valence-electron chi connectivity index (χ3n) is 4.87. The number of alkyl halides is 1. The van der Waals surface area contributed by atoms with Crippen molar-refractivity contribution in [3.63, 3.8) is 0 Å². The van der Waals surface area contributed by atoms with Crippen molar-refractivity contribution in [3.8, 4) is 17.0 Å². The molecule has 0 fully saturated rings. The zero-order valence-corrected chi connectivity index (χ0v) is 21.9. The van der Waals surface area contributed by atoms with Crippen molar-refractivity contribution in [2.75, 3.05) is 17.8 Å². The predicted molar refractivity (Wildman–Crippen MR) is 140 cm³/mol. The number of hydrogen-bond donors (Lipinski definition) is 3. The average Bonchev–Trinajstić information content (AvgIpc) is 3.21. The summed E-state index contributed by atoms with van der Waals surface area (Å²) in [6.45, 7) is 3.95. The Hall–Kier alpha value is -2.95. The van der Waals surface area contributed by atoms with Crippen molar-refractivity contribution in [3.05, 3.63) is 63.0 Å². The number of rotatable bonds is 7. The van der Waals surface area contributed by atoms with E-state index < -0.39 is 5.91 Å². The van der Waals surface area contributed by atoms with Gasteiger partial charge in [0.25, 0.3) is 5.91 Å². The Labute approximate surface area is 214 Å². The van der Waals surface area contributed by atoms with Crippen molar-refractivity contribution >= 4 is 62.5 Å². The number of nitrogens with zero attached hydrogens (tertiary/aromatic N) is 2. The van der Waals surface area contributed by atoms with Crippen LogP contribution in [0.2, 0.25) is 5.02 Å². The van der Waals surface area contributed by atoms with Crippen LogP contribution in [0.5, 0.6) is 5.75 Å². The van der Waals surface area contributed by atoms with E-state index in [0.29, 0.717) is 34.3 Å². The fourth-order valence-electron chi connectivity index (χ4n) is 3.22. The van der Waals surface area contributed by atoms with Crippen LogP contribution in [0.1, 0.15) is 26.4 Å². The standard InChI is InChI=1S/C23H23BrClN5O3S/c1-12-8-14(9-17(25)20(12)28-18(31)10-24)11-27-23(26)29-22(32)19-13(2)34-30-21(19)15-4-6-16(33-3)7-5-15/h4-9H,10-11H2,1-3H3,(H,28,31)(H3,26,27,29,32). The van der Waals surface area contributed by atoms with Crippen LogP contribution in [0.25, 0.3) is 11.3 Å². The van der Waals surface area contributed by atoms with E-state index in [2.05, 4.69) is 35.9 Å². The highest BCUT2D eigenvalue weighted by atomic mass is 79.9. The number of aryl methyl sites for hydroxylation is 2. The van der Waals surface area contributed by atoms with Gasteiger partial charge in [-0.25, -0.2) is 0 Å². The maximum atomic E-state index is 12.9. The largest absolute Gasteiger partial charge is 0.497 e. The first-order valence-corrected chi connectivity index (χ1v) is 12.4. The molecule has 0 spiro atoms. The second-order valence-corrected chi connectivity index (χ2v) is 9.24. The Morgan fingerprint density at radius 3 is 2.56 bits per heavy atom. The van der Waals surface area contributed by atoms with Crippen LogP contribution in [-0.2, 0) is 11.3 Å².